The van der Waals surface area contributed by atoms with Crippen LogP contribution in [0.25, 0.3) is 11.3 Å². The molecule has 4 heteroatoms. The van der Waals surface area contributed by atoms with E-state index in [0.717, 1.165) is 16.9 Å². The van der Waals surface area contributed by atoms with Crippen molar-refractivity contribution in [3.05, 3.63) is 47.7 Å². The first kappa shape index (κ1) is 12.1. The number of aryl methyl sites for hydroxylation is 1. The minimum Gasteiger partial charge on any atom is -0.497 e. The van der Waals surface area contributed by atoms with Gasteiger partial charge in [0.1, 0.15) is 5.75 Å². The van der Waals surface area contributed by atoms with E-state index in [-0.39, 0.29) is 5.56 Å². The molecule has 0 aliphatic heterocycles. The minimum atomic E-state index is -0.954. The number of carbonyl (C=O) groups is 1. The SMILES string of the molecule is COc1ccc(-c2cc(C(=O)O)ccn2)c(C)c1. The molecule has 4 nitrogen and oxygen atoms in total. The summed E-state index contributed by atoms with van der Waals surface area (Å²) in [7, 11) is 1.61. The number of nitrogens with zero attached hydrogens (tertiary/aromatic N) is 1. The fourth-order valence-electron chi connectivity index (χ4n) is 1.76. The molecule has 92 valence electrons. The Labute approximate surface area is 105 Å². The summed E-state index contributed by atoms with van der Waals surface area (Å²) in [6.07, 6.45) is 1.50. The Balaban J connectivity index is 2.48. The Morgan fingerprint density at radius 2 is 2.06 bits per heavy atom. The summed E-state index contributed by atoms with van der Waals surface area (Å²) >= 11 is 0. The average Bonchev–Trinajstić information content (AvgIpc) is 2.38. The largest absolute Gasteiger partial charge is 0.497 e. The Morgan fingerprint density at radius 3 is 2.67 bits per heavy atom. The van der Waals surface area contributed by atoms with Crippen LogP contribution in [-0.2, 0) is 0 Å². The molecule has 0 spiro atoms. The first-order valence-electron chi connectivity index (χ1n) is 5.46. The first-order chi connectivity index (χ1) is 8.61. The van der Waals surface area contributed by atoms with Gasteiger partial charge in [0, 0.05) is 11.8 Å². The number of aromatic nitrogens is 1. The Morgan fingerprint density at radius 1 is 1.28 bits per heavy atom. The predicted octanol–water partition coefficient (Wildman–Crippen LogP) is 2.76. The Bertz CT molecular complexity index is 593. The van der Waals surface area contributed by atoms with Crippen LogP contribution in [0.2, 0.25) is 0 Å². The fourth-order valence-corrected chi connectivity index (χ4v) is 1.76. The van der Waals surface area contributed by atoms with Crippen molar-refractivity contribution in [1.29, 1.82) is 0 Å². The third-order valence-corrected chi connectivity index (χ3v) is 2.72. The summed E-state index contributed by atoms with van der Waals surface area (Å²) in [5.74, 6) is -0.185. The molecule has 2 rings (SSSR count). The molecule has 1 aromatic carbocycles. The van der Waals surface area contributed by atoms with E-state index < -0.39 is 5.97 Å². The van der Waals surface area contributed by atoms with Gasteiger partial charge in [-0.3, -0.25) is 4.98 Å². The highest BCUT2D eigenvalue weighted by atomic mass is 16.5. The Hall–Kier alpha value is -2.36. The van der Waals surface area contributed by atoms with Crippen molar-refractivity contribution in [2.24, 2.45) is 0 Å². The van der Waals surface area contributed by atoms with E-state index in [4.69, 9.17) is 9.84 Å². The molecule has 0 fully saturated rings. The van der Waals surface area contributed by atoms with E-state index in [0.29, 0.717) is 5.69 Å². The standard InChI is InChI=1S/C14H13NO3/c1-9-7-11(18-2)3-4-12(9)13-8-10(14(16)17)5-6-15-13/h3-8H,1-2H3,(H,16,17). The van der Waals surface area contributed by atoms with Gasteiger partial charge in [-0.2, -0.15) is 0 Å². The quantitative estimate of drug-likeness (QED) is 0.900. The van der Waals surface area contributed by atoms with E-state index in [1.165, 1.54) is 12.3 Å². The molecule has 1 N–H and O–H groups in total. The number of carboxylic acids is 1. The van der Waals surface area contributed by atoms with Gasteiger partial charge >= 0.3 is 5.97 Å². The van der Waals surface area contributed by atoms with Gasteiger partial charge < -0.3 is 9.84 Å². The van der Waals surface area contributed by atoms with Crippen molar-refractivity contribution in [3.63, 3.8) is 0 Å². The zero-order valence-electron chi connectivity index (χ0n) is 10.2. The van der Waals surface area contributed by atoms with Crippen LogP contribution in [-0.4, -0.2) is 23.2 Å². The van der Waals surface area contributed by atoms with Gasteiger partial charge in [0.25, 0.3) is 0 Å². The first-order valence-corrected chi connectivity index (χ1v) is 5.46. The number of benzene rings is 1. The summed E-state index contributed by atoms with van der Waals surface area (Å²) in [6.45, 7) is 1.94. The van der Waals surface area contributed by atoms with Gasteiger partial charge in [0.15, 0.2) is 0 Å². The lowest BCUT2D eigenvalue weighted by molar-refractivity contribution is 0.0697. The maximum Gasteiger partial charge on any atom is 0.335 e. The normalized spacial score (nSPS) is 10.1. The van der Waals surface area contributed by atoms with E-state index in [9.17, 15) is 4.79 Å². The lowest BCUT2D eigenvalue weighted by Crippen LogP contribution is -1.98. The maximum atomic E-state index is 10.9. The molecule has 0 saturated carbocycles. The number of ether oxygens (including phenoxy) is 1. The molecule has 2 aromatic rings. The molecule has 1 aromatic heterocycles. The van der Waals surface area contributed by atoms with Crippen molar-refractivity contribution < 1.29 is 14.6 Å². The topological polar surface area (TPSA) is 59.4 Å². The van der Waals surface area contributed by atoms with Gasteiger partial charge in [-0.25, -0.2) is 4.79 Å². The zero-order chi connectivity index (χ0) is 13.1. The van der Waals surface area contributed by atoms with Crippen LogP contribution in [0, 0.1) is 6.92 Å². The lowest BCUT2D eigenvalue weighted by atomic mass is 10.0. The van der Waals surface area contributed by atoms with Gasteiger partial charge in [-0.1, -0.05) is 0 Å². The van der Waals surface area contributed by atoms with E-state index in [1.807, 2.05) is 25.1 Å². The number of methoxy groups -OCH3 is 1. The summed E-state index contributed by atoms with van der Waals surface area (Å²) in [5, 5.41) is 8.96. The van der Waals surface area contributed by atoms with E-state index >= 15 is 0 Å². The summed E-state index contributed by atoms with van der Waals surface area (Å²) in [6, 6.07) is 8.64. The highest BCUT2D eigenvalue weighted by molar-refractivity contribution is 5.89. The highest BCUT2D eigenvalue weighted by Gasteiger charge is 2.08. The Kier molecular flexibility index (Phi) is 3.28. The molecular formula is C14H13NO3. The second kappa shape index (κ2) is 4.87. The summed E-state index contributed by atoms with van der Waals surface area (Å²) < 4.78 is 5.13. The van der Waals surface area contributed by atoms with E-state index in [2.05, 4.69) is 4.98 Å². The molecular weight excluding hydrogens is 230 g/mol. The fraction of sp³-hybridized carbons (Fsp3) is 0.143. The molecule has 0 aliphatic carbocycles. The second-order valence-electron chi connectivity index (χ2n) is 3.92. The van der Waals surface area contributed by atoms with Crippen molar-refractivity contribution in [3.8, 4) is 17.0 Å². The highest BCUT2D eigenvalue weighted by Crippen LogP contribution is 2.25. The number of carboxylic acid groups (broad SMARTS) is 1. The average molecular weight is 243 g/mol. The van der Waals surface area contributed by atoms with Crippen LogP contribution in [0.5, 0.6) is 5.75 Å². The number of hydrogen-bond acceptors (Lipinski definition) is 3. The van der Waals surface area contributed by atoms with Crippen LogP contribution < -0.4 is 4.74 Å². The molecule has 0 bridgehead atoms. The second-order valence-corrected chi connectivity index (χ2v) is 3.92. The van der Waals surface area contributed by atoms with Gasteiger partial charge in [0.2, 0.25) is 0 Å². The lowest BCUT2D eigenvalue weighted by Gasteiger charge is -2.08. The van der Waals surface area contributed by atoms with Crippen LogP contribution in [0.15, 0.2) is 36.5 Å². The van der Waals surface area contributed by atoms with Crippen molar-refractivity contribution in [2.45, 2.75) is 6.92 Å². The van der Waals surface area contributed by atoms with Gasteiger partial charge in [-0.05, 0) is 42.8 Å². The summed E-state index contributed by atoms with van der Waals surface area (Å²) in [4.78, 5) is 15.1. The molecule has 0 unspecified atom stereocenters. The molecule has 0 amide bonds. The minimum absolute atomic E-state index is 0.232. The van der Waals surface area contributed by atoms with Crippen LogP contribution >= 0.6 is 0 Å². The number of pyridine rings is 1. The smallest absolute Gasteiger partial charge is 0.335 e. The summed E-state index contributed by atoms with van der Waals surface area (Å²) in [5.41, 5.74) is 2.77. The van der Waals surface area contributed by atoms with E-state index in [1.54, 1.807) is 13.2 Å². The van der Waals surface area contributed by atoms with Crippen molar-refractivity contribution in [1.82, 2.24) is 4.98 Å². The molecule has 1 heterocycles. The van der Waals surface area contributed by atoms with Crippen LogP contribution in [0.4, 0.5) is 0 Å². The third kappa shape index (κ3) is 2.32. The monoisotopic (exact) mass is 243 g/mol. The number of rotatable bonds is 3. The molecule has 0 saturated heterocycles. The van der Waals surface area contributed by atoms with Crippen LogP contribution in [0.3, 0.4) is 0 Å². The molecule has 0 aliphatic rings. The molecule has 0 radical (unpaired) electrons. The number of aromatic carboxylic acids is 1. The van der Waals surface area contributed by atoms with Crippen LogP contribution in [0.1, 0.15) is 15.9 Å². The number of hydrogen-bond donors (Lipinski definition) is 1. The van der Waals surface area contributed by atoms with Crippen molar-refractivity contribution in [2.75, 3.05) is 7.11 Å². The third-order valence-electron chi connectivity index (χ3n) is 2.72. The van der Waals surface area contributed by atoms with Gasteiger partial charge in [0.05, 0.1) is 18.4 Å². The predicted molar refractivity (Wildman–Crippen MR) is 67.9 cm³/mol. The zero-order valence-corrected chi connectivity index (χ0v) is 10.2. The molecule has 0 atom stereocenters. The molecule has 18 heavy (non-hydrogen) atoms. The van der Waals surface area contributed by atoms with Crippen molar-refractivity contribution >= 4 is 5.97 Å². The van der Waals surface area contributed by atoms with Gasteiger partial charge in [-0.15, -0.1) is 0 Å². The maximum absolute atomic E-state index is 10.9.